The number of benzene rings is 2. The lowest BCUT2D eigenvalue weighted by Gasteiger charge is -2.11. The molecule has 0 aliphatic rings. The summed E-state index contributed by atoms with van der Waals surface area (Å²) in [4.78, 5) is 4.66. The standard InChI is InChI=1S/C18H14Cl2N4O2/c1-9-17-23-22-16-14(7-11(25-2)8-15(16)26-3)24(17)18(21-9)12-6-10(19)4-5-13(12)20/h4-8H,1-3H3. The number of hydrogen-bond acceptors (Lipinski definition) is 5. The van der Waals surface area contributed by atoms with Crippen LogP contribution in [0.3, 0.4) is 0 Å². The number of nitrogens with zero attached hydrogens (tertiary/aromatic N) is 4. The van der Waals surface area contributed by atoms with Crippen LogP contribution in [0, 0.1) is 6.92 Å². The van der Waals surface area contributed by atoms with E-state index in [1.165, 1.54) is 0 Å². The molecule has 0 spiro atoms. The Balaban J connectivity index is 2.18. The van der Waals surface area contributed by atoms with Crippen LogP contribution >= 0.6 is 23.2 Å². The third-order valence-corrected chi connectivity index (χ3v) is 4.72. The lowest BCUT2D eigenvalue weighted by Crippen LogP contribution is -2.00. The zero-order valence-electron chi connectivity index (χ0n) is 14.2. The van der Waals surface area contributed by atoms with E-state index < -0.39 is 0 Å². The third kappa shape index (κ3) is 2.53. The number of rotatable bonds is 3. The van der Waals surface area contributed by atoms with E-state index in [1.807, 2.05) is 17.4 Å². The van der Waals surface area contributed by atoms with Crippen LogP contribution < -0.4 is 9.47 Å². The lowest BCUT2D eigenvalue weighted by atomic mass is 10.2. The summed E-state index contributed by atoms with van der Waals surface area (Å²) < 4.78 is 12.7. The molecule has 0 saturated carbocycles. The van der Waals surface area contributed by atoms with Crippen LogP contribution in [0.4, 0.5) is 0 Å². The van der Waals surface area contributed by atoms with Crippen LogP contribution in [0.2, 0.25) is 10.0 Å². The van der Waals surface area contributed by atoms with Crippen LogP contribution in [0.25, 0.3) is 28.1 Å². The first-order valence-electron chi connectivity index (χ1n) is 7.76. The Bertz CT molecular complexity index is 1160. The fourth-order valence-electron chi connectivity index (χ4n) is 2.93. The molecule has 0 unspecified atom stereocenters. The number of ether oxygens (including phenoxy) is 2. The van der Waals surface area contributed by atoms with E-state index in [1.54, 1.807) is 38.5 Å². The van der Waals surface area contributed by atoms with Gasteiger partial charge in [-0.1, -0.05) is 23.2 Å². The van der Waals surface area contributed by atoms with Gasteiger partial charge >= 0.3 is 0 Å². The molecule has 0 saturated heterocycles. The molecule has 0 N–H and O–H groups in total. The summed E-state index contributed by atoms with van der Waals surface area (Å²) in [5.74, 6) is 1.82. The van der Waals surface area contributed by atoms with Crippen LogP contribution in [-0.2, 0) is 0 Å². The average Bonchev–Trinajstić information content (AvgIpc) is 2.99. The molecule has 132 valence electrons. The van der Waals surface area contributed by atoms with Crippen molar-refractivity contribution in [2.75, 3.05) is 14.2 Å². The first kappa shape index (κ1) is 16.9. The topological polar surface area (TPSA) is 61.5 Å². The van der Waals surface area contributed by atoms with E-state index in [-0.39, 0.29) is 0 Å². The largest absolute Gasteiger partial charge is 0.497 e. The molecule has 0 aliphatic heterocycles. The van der Waals surface area contributed by atoms with Gasteiger partial charge in [-0.2, -0.15) is 0 Å². The van der Waals surface area contributed by atoms with Crippen molar-refractivity contribution in [1.29, 1.82) is 0 Å². The Morgan fingerprint density at radius 3 is 2.54 bits per heavy atom. The Labute approximate surface area is 159 Å². The highest BCUT2D eigenvalue weighted by atomic mass is 35.5. The number of aromatic nitrogens is 4. The van der Waals surface area contributed by atoms with Gasteiger partial charge in [0.2, 0.25) is 0 Å². The summed E-state index contributed by atoms with van der Waals surface area (Å²) in [6.07, 6.45) is 0. The molecule has 8 heteroatoms. The van der Waals surface area contributed by atoms with E-state index in [0.717, 1.165) is 11.2 Å². The molecule has 2 heterocycles. The van der Waals surface area contributed by atoms with E-state index in [0.29, 0.717) is 44.1 Å². The Hall–Kier alpha value is -2.57. The summed E-state index contributed by atoms with van der Waals surface area (Å²) in [6.45, 7) is 1.87. The van der Waals surface area contributed by atoms with Crippen molar-refractivity contribution in [2.24, 2.45) is 0 Å². The van der Waals surface area contributed by atoms with Crippen molar-refractivity contribution < 1.29 is 9.47 Å². The van der Waals surface area contributed by atoms with Gasteiger partial charge in [-0.25, -0.2) is 4.98 Å². The smallest absolute Gasteiger partial charge is 0.183 e. The predicted octanol–water partition coefficient (Wildman–Crippen LogP) is 4.58. The van der Waals surface area contributed by atoms with Gasteiger partial charge in [-0.15, -0.1) is 10.2 Å². The van der Waals surface area contributed by atoms with E-state index >= 15 is 0 Å². The van der Waals surface area contributed by atoms with Gasteiger partial charge in [0.1, 0.15) is 11.6 Å². The third-order valence-electron chi connectivity index (χ3n) is 4.16. The minimum Gasteiger partial charge on any atom is -0.497 e. The normalized spacial score (nSPS) is 11.3. The number of aryl methyl sites for hydroxylation is 1. The lowest BCUT2D eigenvalue weighted by molar-refractivity contribution is 0.397. The molecule has 0 aliphatic carbocycles. The highest BCUT2D eigenvalue weighted by Crippen LogP contribution is 2.35. The van der Waals surface area contributed by atoms with E-state index in [2.05, 4.69) is 15.2 Å². The summed E-state index contributed by atoms with van der Waals surface area (Å²) in [5.41, 5.74) is 3.40. The Morgan fingerprint density at radius 2 is 1.81 bits per heavy atom. The van der Waals surface area contributed by atoms with Crippen molar-refractivity contribution in [3.05, 3.63) is 46.1 Å². The fraction of sp³-hybridized carbons (Fsp3) is 0.167. The van der Waals surface area contributed by atoms with Crippen LogP contribution in [0.1, 0.15) is 5.69 Å². The molecule has 4 rings (SSSR count). The number of methoxy groups -OCH3 is 2. The summed E-state index contributed by atoms with van der Waals surface area (Å²) in [6, 6.07) is 8.89. The maximum Gasteiger partial charge on any atom is 0.183 e. The first-order chi connectivity index (χ1) is 12.5. The molecule has 26 heavy (non-hydrogen) atoms. The molecule has 0 atom stereocenters. The first-order valence-corrected chi connectivity index (χ1v) is 8.52. The highest BCUT2D eigenvalue weighted by Gasteiger charge is 2.19. The van der Waals surface area contributed by atoms with Gasteiger partial charge in [0, 0.05) is 22.7 Å². The van der Waals surface area contributed by atoms with Crippen LogP contribution in [-0.4, -0.2) is 33.8 Å². The molecular weight excluding hydrogens is 375 g/mol. The summed E-state index contributed by atoms with van der Waals surface area (Å²) in [7, 11) is 3.17. The molecule has 0 bridgehead atoms. The van der Waals surface area contributed by atoms with Gasteiger partial charge in [0.15, 0.2) is 16.9 Å². The Kier molecular flexibility index (Phi) is 4.09. The van der Waals surface area contributed by atoms with Gasteiger partial charge in [0.25, 0.3) is 0 Å². The monoisotopic (exact) mass is 388 g/mol. The SMILES string of the molecule is COc1cc(OC)c2nnc3c(C)nc(-c4cc(Cl)ccc4Cl)n3c2c1. The fourth-order valence-corrected chi connectivity index (χ4v) is 3.30. The molecule has 0 radical (unpaired) electrons. The zero-order valence-corrected chi connectivity index (χ0v) is 15.8. The van der Waals surface area contributed by atoms with Gasteiger partial charge in [0.05, 0.1) is 30.5 Å². The number of fused-ring (bicyclic) bond motifs is 3. The van der Waals surface area contributed by atoms with Crippen molar-refractivity contribution in [2.45, 2.75) is 6.92 Å². The van der Waals surface area contributed by atoms with Crippen molar-refractivity contribution in [1.82, 2.24) is 19.6 Å². The Morgan fingerprint density at radius 1 is 1.00 bits per heavy atom. The van der Waals surface area contributed by atoms with E-state index in [4.69, 9.17) is 32.7 Å². The molecule has 0 fully saturated rings. The molecule has 4 aromatic rings. The number of hydrogen-bond donors (Lipinski definition) is 0. The molecule has 6 nitrogen and oxygen atoms in total. The number of imidazole rings is 1. The van der Waals surface area contributed by atoms with Crippen molar-refractivity contribution in [3.8, 4) is 22.9 Å². The minimum atomic E-state index is 0.543. The highest BCUT2D eigenvalue weighted by molar-refractivity contribution is 6.35. The molecule has 2 aromatic heterocycles. The maximum absolute atomic E-state index is 6.41. The van der Waals surface area contributed by atoms with Crippen LogP contribution in [0.15, 0.2) is 30.3 Å². The predicted molar refractivity (Wildman–Crippen MR) is 102 cm³/mol. The zero-order chi connectivity index (χ0) is 18.4. The van der Waals surface area contributed by atoms with Gasteiger partial charge < -0.3 is 9.47 Å². The van der Waals surface area contributed by atoms with Gasteiger partial charge in [-0.3, -0.25) is 4.40 Å². The summed E-state index contributed by atoms with van der Waals surface area (Å²) in [5, 5.41) is 9.75. The van der Waals surface area contributed by atoms with Crippen molar-refractivity contribution in [3.63, 3.8) is 0 Å². The molecular formula is C18H14Cl2N4O2. The van der Waals surface area contributed by atoms with E-state index in [9.17, 15) is 0 Å². The second kappa shape index (κ2) is 6.30. The second-order valence-electron chi connectivity index (χ2n) is 5.70. The van der Waals surface area contributed by atoms with Crippen LogP contribution in [0.5, 0.6) is 11.5 Å². The van der Waals surface area contributed by atoms with Crippen molar-refractivity contribution >= 4 is 39.9 Å². The second-order valence-corrected chi connectivity index (χ2v) is 6.55. The molecule has 2 aromatic carbocycles. The summed E-state index contributed by atoms with van der Waals surface area (Å²) >= 11 is 12.6. The van der Waals surface area contributed by atoms with Gasteiger partial charge in [-0.05, 0) is 25.1 Å². The quantitative estimate of drug-likeness (QED) is 0.514. The molecule has 0 amide bonds. The number of halogens is 2. The maximum atomic E-state index is 6.41. The average molecular weight is 389 g/mol. The minimum absolute atomic E-state index is 0.543.